The van der Waals surface area contributed by atoms with Crippen LogP contribution in [0.25, 0.3) is 33.4 Å². The Morgan fingerprint density at radius 3 is 2.18 bits per heavy atom. The number of nitrogens with two attached hydrogens (primary N) is 2. The van der Waals surface area contributed by atoms with Crippen molar-refractivity contribution in [1.82, 2.24) is 10.6 Å². The average Bonchev–Trinajstić information content (AvgIpc) is 3.20. The first-order valence-corrected chi connectivity index (χ1v) is 9.10. The smallest absolute Gasteiger partial charge is 0.174 e. The lowest BCUT2D eigenvalue weighted by molar-refractivity contribution is 0.441. The summed E-state index contributed by atoms with van der Waals surface area (Å²) in [6.45, 7) is 4.00. The van der Waals surface area contributed by atoms with E-state index in [1.54, 1.807) is 0 Å². The highest BCUT2D eigenvalue weighted by Crippen LogP contribution is 2.31. The van der Waals surface area contributed by atoms with Crippen molar-refractivity contribution in [2.45, 2.75) is 13.8 Å². The van der Waals surface area contributed by atoms with E-state index >= 15 is 0 Å². The number of nitrogens with one attached hydrogen (secondary N) is 1. The number of fused-ring (bicyclic) bond motifs is 1. The molecule has 6 nitrogen and oxygen atoms in total. The van der Waals surface area contributed by atoms with Gasteiger partial charge in [0, 0.05) is 11.1 Å². The monoisotopic (exact) mass is 373 g/mol. The first-order chi connectivity index (χ1) is 13.8. The number of amidine groups is 1. The van der Waals surface area contributed by atoms with E-state index in [4.69, 9.17) is 16.2 Å². The lowest BCUT2D eigenvalue weighted by Gasteiger charge is -2.05. The molecule has 0 fully saturated rings. The highest BCUT2D eigenvalue weighted by molar-refractivity contribution is 6.03. The fraction of sp³-hybridized carbons (Fsp3) is 0.0909. The van der Waals surface area contributed by atoms with Crippen LogP contribution in [-0.2, 0) is 0 Å². The standard InChI is InChI=1S/C20H17N5O.C2H6/c21-23-20(24-22)16-10-11-18-17(12-16)19(26-25-18)15-8-6-14(7-9-15)13-4-2-1-3-5-13;1-2/h1-12H,21-22H2,(H,23,24);1-2H3. The molecule has 0 saturated carbocycles. The van der Waals surface area contributed by atoms with Crippen molar-refractivity contribution in [3.63, 3.8) is 0 Å². The fourth-order valence-corrected chi connectivity index (χ4v) is 2.94. The number of rotatable bonds is 3. The molecule has 6 heteroatoms. The van der Waals surface area contributed by atoms with Crippen molar-refractivity contribution in [2.75, 3.05) is 0 Å². The molecule has 0 amide bonds. The second-order valence-corrected chi connectivity index (χ2v) is 5.81. The number of hydrazone groups is 1. The van der Waals surface area contributed by atoms with Gasteiger partial charge in [-0.2, -0.15) is 5.10 Å². The molecule has 1 heterocycles. The van der Waals surface area contributed by atoms with Crippen LogP contribution in [0, 0.1) is 0 Å². The van der Waals surface area contributed by atoms with Gasteiger partial charge in [-0.05, 0) is 29.3 Å². The number of hydrogen-bond donors (Lipinski definition) is 3. The molecule has 1 aromatic heterocycles. The average molecular weight is 373 g/mol. The summed E-state index contributed by atoms with van der Waals surface area (Å²) < 4.78 is 5.58. The second kappa shape index (κ2) is 8.83. The number of nitrogens with zero attached hydrogens (tertiary/aromatic N) is 2. The van der Waals surface area contributed by atoms with Crippen molar-refractivity contribution < 1.29 is 4.52 Å². The van der Waals surface area contributed by atoms with E-state index in [-0.39, 0.29) is 0 Å². The molecule has 0 aliphatic heterocycles. The molecule has 142 valence electrons. The van der Waals surface area contributed by atoms with Gasteiger partial charge in [0.05, 0.1) is 5.39 Å². The predicted molar refractivity (Wildman–Crippen MR) is 114 cm³/mol. The molecule has 5 N–H and O–H groups in total. The number of hydrogen-bond acceptors (Lipinski definition) is 5. The molecule has 0 atom stereocenters. The molecule has 0 bridgehead atoms. The zero-order valence-corrected chi connectivity index (χ0v) is 15.9. The highest BCUT2D eigenvalue weighted by Gasteiger charge is 2.13. The van der Waals surface area contributed by atoms with Crippen LogP contribution >= 0.6 is 0 Å². The van der Waals surface area contributed by atoms with Crippen molar-refractivity contribution in [3.05, 3.63) is 78.4 Å². The summed E-state index contributed by atoms with van der Waals surface area (Å²) in [5, 5.41) is 8.64. The summed E-state index contributed by atoms with van der Waals surface area (Å²) in [5.41, 5.74) is 7.25. The molecule has 4 aromatic rings. The molecule has 0 spiro atoms. The van der Waals surface area contributed by atoms with Crippen molar-refractivity contribution in [3.8, 4) is 22.5 Å². The molecule has 0 saturated heterocycles. The molecule has 0 radical (unpaired) electrons. The number of hydrazine groups is 1. The summed E-state index contributed by atoms with van der Waals surface area (Å²) in [6, 6.07) is 24.0. The summed E-state index contributed by atoms with van der Waals surface area (Å²) in [6.07, 6.45) is 0. The van der Waals surface area contributed by atoms with Crippen LogP contribution in [0.2, 0.25) is 0 Å². The summed E-state index contributed by atoms with van der Waals surface area (Å²) in [7, 11) is 0. The minimum atomic E-state index is 0.387. The Balaban J connectivity index is 0.00000109. The van der Waals surface area contributed by atoms with Crippen LogP contribution in [-0.4, -0.2) is 11.0 Å². The van der Waals surface area contributed by atoms with Crippen LogP contribution in [0.1, 0.15) is 19.4 Å². The van der Waals surface area contributed by atoms with E-state index < -0.39 is 0 Å². The van der Waals surface area contributed by atoms with E-state index in [1.807, 2.05) is 62.4 Å². The predicted octanol–water partition coefficient (Wildman–Crippen LogP) is 4.27. The molecule has 3 aromatic carbocycles. The molecular weight excluding hydrogens is 350 g/mol. The van der Waals surface area contributed by atoms with Crippen LogP contribution in [0.5, 0.6) is 0 Å². The maximum Gasteiger partial charge on any atom is 0.174 e. The van der Waals surface area contributed by atoms with Gasteiger partial charge in [0.2, 0.25) is 0 Å². The maximum absolute atomic E-state index is 5.58. The third kappa shape index (κ3) is 3.72. The van der Waals surface area contributed by atoms with Gasteiger partial charge in [-0.25, -0.2) is 5.84 Å². The Labute approximate surface area is 163 Å². The van der Waals surface area contributed by atoms with Crippen molar-refractivity contribution in [2.24, 2.45) is 16.8 Å². The van der Waals surface area contributed by atoms with E-state index in [0.717, 1.165) is 27.6 Å². The van der Waals surface area contributed by atoms with Gasteiger partial charge in [0.15, 0.2) is 11.6 Å². The van der Waals surface area contributed by atoms with E-state index in [0.29, 0.717) is 11.6 Å². The fourth-order valence-electron chi connectivity index (χ4n) is 2.94. The zero-order valence-electron chi connectivity index (χ0n) is 15.9. The Kier molecular flexibility index (Phi) is 6.04. The summed E-state index contributed by atoms with van der Waals surface area (Å²) in [5.74, 6) is 11.9. The van der Waals surface area contributed by atoms with Gasteiger partial charge in [0.1, 0.15) is 5.52 Å². The largest absolute Gasteiger partial charge is 0.355 e. The third-order valence-electron chi connectivity index (χ3n) is 4.27. The van der Waals surface area contributed by atoms with Crippen LogP contribution in [0.4, 0.5) is 0 Å². The first-order valence-electron chi connectivity index (χ1n) is 9.10. The Hall–Kier alpha value is -3.64. The van der Waals surface area contributed by atoms with Gasteiger partial charge in [-0.15, -0.1) is 0 Å². The molecular formula is C22H23N5O. The van der Waals surface area contributed by atoms with Crippen molar-refractivity contribution >= 4 is 16.7 Å². The van der Waals surface area contributed by atoms with E-state index in [2.05, 4.69) is 39.9 Å². The van der Waals surface area contributed by atoms with Crippen molar-refractivity contribution in [1.29, 1.82) is 0 Å². The third-order valence-corrected chi connectivity index (χ3v) is 4.27. The molecule has 28 heavy (non-hydrogen) atoms. The van der Waals surface area contributed by atoms with E-state index in [1.165, 1.54) is 5.56 Å². The van der Waals surface area contributed by atoms with Crippen LogP contribution in [0.15, 0.2) is 82.4 Å². The Bertz CT molecular complexity index is 1070. The lowest BCUT2D eigenvalue weighted by atomic mass is 10.0. The summed E-state index contributed by atoms with van der Waals surface area (Å²) >= 11 is 0. The number of benzene rings is 3. The van der Waals surface area contributed by atoms with Gasteiger partial charge in [-0.3, -0.25) is 0 Å². The van der Waals surface area contributed by atoms with Gasteiger partial charge >= 0.3 is 0 Å². The van der Waals surface area contributed by atoms with E-state index in [9.17, 15) is 0 Å². The lowest BCUT2D eigenvalue weighted by Crippen LogP contribution is -2.31. The maximum atomic E-state index is 5.58. The second-order valence-electron chi connectivity index (χ2n) is 5.81. The minimum absolute atomic E-state index is 0.387. The Morgan fingerprint density at radius 2 is 1.54 bits per heavy atom. The highest BCUT2D eigenvalue weighted by atomic mass is 16.5. The zero-order chi connectivity index (χ0) is 19.9. The van der Waals surface area contributed by atoms with Gasteiger partial charge in [0.25, 0.3) is 0 Å². The minimum Gasteiger partial charge on any atom is -0.355 e. The normalized spacial score (nSPS) is 11.0. The number of aromatic nitrogens is 1. The van der Waals surface area contributed by atoms with Crippen LogP contribution in [0.3, 0.4) is 0 Å². The van der Waals surface area contributed by atoms with Gasteiger partial charge < -0.3 is 15.8 Å². The summed E-state index contributed by atoms with van der Waals surface area (Å²) in [4.78, 5) is 0. The van der Waals surface area contributed by atoms with Gasteiger partial charge in [-0.1, -0.05) is 73.6 Å². The molecule has 0 aliphatic rings. The molecule has 0 unspecified atom stereocenters. The SMILES string of the molecule is CC.N/N=C(\NN)c1ccc2noc(-c3ccc(-c4ccccc4)cc3)c2c1. The molecule has 4 rings (SSSR count). The molecule has 0 aliphatic carbocycles. The topological polar surface area (TPSA) is 102 Å². The Morgan fingerprint density at radius 1 is 0.893 bits per heavy atom. The quantitative estimate of drug-likeness (QED) is 0.215. The van der Waals surface area contributed by atoms with Crippen LogP contribution < -0.4 is 17.1 Å². The first kappa shape index (κ1) is 19.1.